The fourth-order valence-corrected chi connectivity index (χ4v) is 11.8. The van der Waals surface area contributed by atoms with Gasteiger partial charge in [-0.05, 0) is 92.7 Å². The zero-order chi connectivity index (χ0) is 30.3. The summed E-state index contributed by atoms with van der Waals surface area (Å²) >= 11 is 0. The summed E-state index contributed by atoms with van der Waals surface area (Å²) in [6.45, 7) is 48.8. The zero-order valence-corrected chi connectivity index (χ0v) is 30.1. The third kappa shape index (κ3) is 4.91. The van der Waals surface area contributed by atoms with E-state index >= 15 is 0 Å². The van der Waals surface area contributed by atoms with Crippen LogP contribution in [0.3, 0.4) is 0 Å². The van der Waals surface area contributed by atoms with Crippen LogP contribution in [0.4, 0.5) is 0 Å². The summed E-state index contributed by atoms with van der Waals surface area (Å²) < 4.78 is 0. The van der Waals surface area contributed by atoms with E-state index < -0.39 is 0 Å². The molecule has 12 unspecified atom stereocenters. The smallest absolute Gasteiger partial charge is 0.0225 e. The average molecular weight is 531 g/mol. The molecule has 0 heteroatoms. The average Bonchev–Trinajstić information content (AvgIpc) is 2.86. The first-order chi connectivity index (χ1) is 17.4. The van der Waals surface area contributed by atoms with E-state index in [1.54, 1.807) is 0 Å². The van der Waals surface area contributed by atoms with Gasteiger partial charge in [-0.3, -0.25) is 0 Å². The van der Waals surface area contributed by atoms with Crippen LogP contribution < -0.4 is 0 Å². The predicted octanol–water partition coefficient (Wildman–Crippen LogP) is 12.3. The second-order valence-electron chi connectivity index (χ2n) is 15.7. The number of allylic oxidation sites excluding steroid dienone is 2. The predicted molar refractivity (Wildman–Crippen MR) is 174 cm³/mol. The van der Waals surface area contributed by atoms with Gasteiger partial charge in [-0.15, -0.1) is 0 Å². The molecule has 4 aliphatic rings. The van der Waals surface area contributed by atoms with Crippen LogP contribution in [-0.2, 0) is 0 Å². The highest BCUT2D eigenvalue weighted by molar-refractivity contribution is 5.20. The van der Waals surface area contributed by atoms with Gasteiger partial charge < -0.3 is 0 Å². The van der Waals surface area contributed by atoms with Crippen molar-refractivity contribution in [2.75, 3.05) is 0 Å². The van der Waals surface area contributed by atoms with Gasteiger partial charge in [-0.25, -0.2) is 0 Å². The van der Waals surface area contributed by atoms with Crippen LogP contribution >= 0.6 is 0 Å². The zero-order valence-electron chi connectivity index (χ0n) is 30.1. The largest absolute Gasteiger partial charge is 0.0851 e. The molecular formula is C38H74. The lowest BCUT2D eigenvalue weighted by Gasteiger charge is -2.74. The Hall–Kier alpha value is -0.260. The van der Waals surface area contributed by atoms with Gasteiger partial charge in [0.25, 0.3) is 0 Å². The first kappa shape index (κ1) is 35.8. The summed E-state index contributed by atoms with van der Waals surface area (Å²) in [6.07, 6.45) is 5.14. The van der Waals surface area contributed by atoms with Crippen LogP contribution in [0.15, 0.2) is 12.2 Å². The molecule has 4 rings (SSSR count). The standard InChI is InChI=1S/C32H56.3C2H6/c1-17-15-16-18(2)26-25(17)29(7,8)27-19(3)23-21(5)31(11,12)32(13,14)22(6)24(23)20(4)28(27)30(26,9)10;3*1-2/h15-28H,1-14H3;3*1-2H3. The van der Waals surface area contributed by atoms with E-state index in [9.17, 15) is 0 Å². The summed E-state index contributed by atoms with van der Waals surface area (Å²) in [6, 6.07) is 0. The number of rotatable bonds is 0. The molecule has 0 aromatic rings. The lowest BCUT2D eigenvalue weighted by atomic mass is 9.31. The Morgan fingerprint density at radius 2 is 0.632 bits per heavy atom. The van der Waals surface area contributed by atoms with Crippen LogP contribution in [0.25, 0.3) is 0 Å². The van der Waals surface area contributed by atoms with Crippen LogP contribution in [0, 0.1) is 92.7 Å². The highest BCUT2D eigenvalue weighted by Crippen LogP contribution is 2.74. The van der Waals surface area contributed by atoms with Crippen molar-refractivity contribution in [3.8, 4) is 0 Å². The van der Waals surface area contributed by atoms with E-state index in [4.69, 9.17) is 0 Å². The van der Waals surface area contributed by atoms with E-state index in [1.807, 2.05) is 41.5 Å². The Bertz CT molecular complexity index is 699. The molecule has 0 N–H and O–H groups in total. The van der Waals surface area contributed by atoms with Gasteiger partial charge in [0.15, 0.2) is 0 Å². The molecule has 4 aliphatic carbocycles. The van der Waals surface area contributed by atoms with Gasteiger partial charge in [-0.1, -0.05) is 151 Å². The van der Waals surface area contributed by atoms with Crippen molar-refractivity contribution in [3.05, 3.63) is 12.2 Å². The Morgan fingerprint density at radius 3 is 0.868 bits per heavy atom. The Kier molecular flexibility index (Phi) is 11.6. The Labute approximate surface area is 243 Å². The molecule has 0 spiro atoms. The molecular weight excluding hydrogens is 456 g/mol. The highest BCUT2D eigenvalue weighted by Gasteiger charge is 2.69. The molecule has 3 saturated carbocycles. The van der Waals surface area contributed by atoms with Crippen LogP contribution in [0.1, 0.15) is 138 Å². The van der Waals surface area contributed by atoms with E-state index in [2.05, 4.69) is 109 Å². The molecule has 0 nitrogen and oxygen atoms in total. The van der Waals surface area contributed by atoms with Gasteiger partial charge >= 0.3 is 0 Å². The minimum atomic E-state index is 0.376. The molecule has 3 fully saturated rings. The maximum atomic E-state index is 2.70. The van der Waals surface area contributed by atoms with Crippen LogP contribution in [0.2, 0.25) is 0 Å². The number of hydrogen-bond donors (Lipinski definition) is 0. The molecule has 0 aromatic carbocycles. The van der Waals surface area contributed by atoms with Crippen molar-refractivity contribution >= 4 is 0 Å². The third-order valence-corrected chi connectivity index (χ3v) is 13.9. The second-order valence-corrected chi connectivity index (χ2v) is 15.7. The molecule has 0 bridgehead atoms. The number of hydrogen-bond acceptors (Lipinski definition) is 0. The first-order valence-corrected chi connectivity index (χ1v) is 17.1. The summed E-state index contributed by atoms with van der Waals surface area (Å²) in [7, 11) is 0. The summed E-state index contributed by atoms with van der Waals surface area (Å²) in [5.41, 5.74) is 1.53. The van der Waals surface area contributed by atoms with Crippen molar-refractivity contribution in [2.24, 2.45) is 92.7 Å². The fraction of sp³-hybridized carbons (Fsp3) is 0.947. The quantitative estimate of drug-likeness (QED) is 0.273. The van der Waals surface area contributed by atoms with Crippen molar-refractivity contribution in [1.82, 2.24) is 0 Å². The Balaban J connectivity index is 0.00000112. The van der Waals surface area contributed by atoms with Crippen LogP contribution in [0.5, 0.6) is 0 Å². The number of fused-ring (bicyclic) bond motifs is 3. The van der Waals surface area contributed by atoms with Gasteiger partial charge in [0.1, 0.15) is 0 Å². The molecule has 0 heterocycles. The van der Waals surface area contributed by atoms with E-state index in [0.717, 1.165) is 59.2 Å². The maximum absolute atomic E-state index is 2.70. The van der Waals surface area contributed by atoms with Crippen molar-refractivity contribution < 1.29 is 0 Å². The van der Waals surface area contributed by atoms with E-state index in [1.165, 1.54) is 0 Å². The molecule has 12 atom stereocenters. The van der Waals surface area contributed by atoms with Crippen molar-refractivity contribution in [1.29, 1.82) is 0 Å². The lowest BCUT2D eigenvalue weighted by Crippen LogP contribution is -2.69. The van der Waals surface area contributed by atoms with Gasteiger partial charge in [0.2, 0.25) is 0 Å². The minimum absolute atomic E-state index is 0.376. The molecule has 0 aliphatic heterocycles. The van der Waals surface area contributed by atoms with Gasteiger partial charge in [0, 0.05) is 0 Å². The normalized spacial score (nSPS) is 46.6. The summed E-state index contributed by atoms with van der Waals surface area (Å²) in [5, 5.41) is 0. The third-order valence-electron chi connectivity index (χ3n) is 13.9. The molecule has 226 valence electrons. The monoisotopic (exact) mass is 531 g/mol. The van der Waals surface area contributed by atoms with Crippen molar-refractivity contribution in [3.63, 3.8) is 0 Å². The maximum Gasteiger partial charge on any atom is -0.0225 e. The topological polar surface area (TPSA) is 0 Å². The first-order valence-electron chi connectivity index (χ1n) is 17.1. The SMILES string of the molecule is CC.CC.CC.CC1C=CC(C)C2C1C(C)(C)C1C(C)C3C(C(C)C1C2(C)C)C(C)C(C)(C)C(C)(C)C3C. The fourth-order valence-electron chi connectivity index (χ4n) is 11.8. The highest BCUT2D eigenvalue weighted by atomic mass is 14.7. The van der Waals surface area contributed by atoms with Gasteiger partial charge in [0.05, 0.1) is 0 Å². The summed E-state index contributed by atoms with van der Waals surface area (Å²) in [5.74, 6) is 9.49. The minimum Gasteiger partial charge on any atom is -0.0851 e. The lowest BCUT2D eigenvalue weighted by molar-refractivity contribution is -0.257. The van der Waals surface area contributed by atoms with E-state index in [0.29, 0.717) is 33.5 Å². The molecule has 0 saturated heterocycles. The molecule has 0 aromatic heterocycles. The Morgan fingerprint density at radius 1 is 0.395 bits per heavy atom. The second kappa shape index (κ2) is 12.3. The molecule has 0 amide bonds. The van der Waals surface area contributed by atoms with Crippen LogP contribution in [-0.4, -0.2) is 0 Å². The van der Waals surface area contributed by atoms with E-state index in [-0.39, 0.29) is 0 Å². The van der Waals surface area contributed by atoms with Gasteiger partial charge in [-0.2, -0.15) is 0 Å². The summed E-state index contributed by atoms with van der Waals surface area (Å²) in [4.78, 5) is 0. The van der Waals surface area contributed by atoms with Crippen molar-refractivity contribution in [2.45, 2.75) is 138 Å². The molecule has 38 heavy (non-hydrogen) atoms. The molecule has 0 radical (unpaired) electrons.